The van der Waals surface area contributed by atoms with E-state index < -0.39 is 17.5 Å². The highest BCUT2D eigenvalue weighted by Crippen LogP contribution is 2.13. The number of piperazine rings is 1. The summed E-state index contributed by atoms with van der Waals surface area (Å²) in [4.78, 5) is 2.19. The third-order valence-electron chi connectivity index (χ3n) is 3.09. The van der Waals surface area contributed by atoms with Crippen molar-refractivity contribution >= 4 is 0 Å². The number of rotatable bonds is 3. The number of hydrogen-bond donors (Lipinski definition) is 1. The van der Waals surface area contributed by atoms with Crippen LogP contribution >= 0.6 is 0 Å². The van der Waals surface area contributed by atoms with Crippen LogP contribution in [0.15, 0.2) is 12.1 Å². The lowest BCUT2D eigenvalue weighted by atomic mass is 10.2. The van der Waals surface area contributed by atoms with E-state index in [1.165, 1.54) is 0 Å². The molecule has 0 spiro atoms. The first-order valence-electron chi connectivity index (χ1n) is 5.86. The average Bonchev–Trinajstić information content (AvgIpc) is 2.34. The molecule has 0 aromatic heterocycles. The van der Waals surface area contributed by atoms with Crippen LogP contribution in [0.2, 0.25) is 0 Å². The van der Waals surface area contributed by atoms with Gasteiger partial charge in [-0.25, -0.2) is 18.2 Å². The summed E-state index contributed by atoms with van der Waals surface area (Å²) >= 11 is 0. The predicted molar refractivity (Wildman–Crippen MR) is 62.2 cm³/mol. The van der Waals surface area contributed by atoms with Crippen LogP contribution in [0.5, 0.6) is 0 Å². The Morgan fingerprint density at radius 1 is 1.00 bits per heavy atom. The van der Waals surface area contributed by atoms with E-state index in [9.17, 15) is 13.2 Å². The van der Waals surface area contributed by atoms with Crippen molar-refractivity contribution in [1.29, 1.82) is 0 Å². The highest BCUT2D eigenvalue weighted by molar-refractivity contribution is 5.19. The van der Waals surface area contributed by atoms with Crippen molar-refractivity contribution in [2.45, 2.75) is 6.54 Å². The van der Waals surface area contributed by atoms with Crippen LogP contribution in [0.25, 0.3) is 0 Å². The number of hydrogen-bond acceptors (Lipinski definition) is 3. The fraction of sp³-hybridized carbons (Fsp3) is 0.500. The second-order valence-electron chi connectivity index (χ2n) is 4.48. The molecule has 0 atom stereocenters. The fourth-order valence-electron chi connectivity index (χ4n) is 1.86. The van der Waals surface area contributed by atoms with Crippen LogP contribution in [0.4, 0.5) is 13.2 Å². The zero-order chi connectivity index (χ0) is 13.1. The largest absolute Gasteiger partial charge is 0.304 e. The standard InChI is InChI=1S/C12H16F3N3/c1-17-2-4-18(5-3-17)16-8-9-6-11(14)12(15)7-10(9)13/h6-7,16H,2-5,8H2,1H3. The van der Waals surface area contributed by atoms with Gasteiger partial charge in [0.05, 0.1) is 0 Å². The molecule has 6 heteroatoms. The molecule has 2 rings (SSSR count). The van der Waals surface area contributed by atoms with E-state index in [1.807, 2.05) is 12.1 Å². The number of hydrazine groups is 1. The molecular formula is C12H16F3N3. The second-order valence-corrected chi connectivity index (χ2v) is 4.48. The lowest BCUT2D eigenvalue weighted by Gasteiger charge is -2.32. The molecule has 1 saturated heterocycles. The summed E-state index contributed by atoms with van der Waals surface area (Å²) in [6, 6.07) is 1.48. The zero-order valence-electron chi connectivity index (χ0n) is 10.2. The van der Waals surface area contributed by atoms with Crippen molar-refractivity contribution in [3.8, 4) is 0 Å². The summed E-state index contributed by atoms with van der Waals surface area (Å²) < 4.78 is 39.1. The molecule has 1 fully saturated rings. The molecule has 1 N–H and O–H groups in total. The maximum atomic E-state index is 13.4. The molecule has 1 aromatic rings. The maximum absolute atomic E-state index is 13.4. The van der Waals surface area contributed by atoms with Crippen molar-refractivity contribution in [2.75, 3.05) is 33.2 Å². The Balaban J connectivity index is 1.92. The van der Waals surface area contributed by atoms with E-state index in [0.29, 0.717) is 6.07 Å². The lowest BCUT2D eigenvalue weighted by molar-refractivity contribution is 0.101. The van der Waals surface area contributed by atoms with Crippen LogP contribution in [-0.2, 0) is 6.54 Å². The number of halogens is 3. The van der Waals surface area contributed by atoms with E-state index in [4.69, 9.17) is 0 Å². The van der Waals surface area contributed by atoms with Gasteiger partial charge in [-0.15, -0.1) is 0 Å². The molecule has 0 unspecified atom stereocenters. The van der Waals surface area contributed by atoms with Crippen molar-refractivity contribution in [1.82, 2.24) is 15.3 Å². The molecule has 1 aliphatic heterocycles. The molecule has 1 aliphatic rings. The molecule has 1 heterocycles. The first kappa shape index (κ1) is 13.3. The number of nitrogens with one attached hydrogen (secondary N) is 1. The number of likely N-dealkylation sites (N-methyl/N-ethyl adjacent to an activating group) is 1. The first-order chi connectivity index (χ1) is 8.56. The van der Waals surface area contributed by atoms with Crippen molar-refractivity contribution in [2.24, 2.45) is 0 Å². The van der Waals surface area contributed by atoms with Gasteiger partial charge in [0.15, 0.2) is 11.6 Å². The second kappa shape index (κ2) is 5.69. The van der Waals surface area contributed by atoms with Crippen molar-refractivity contribution < 1.29 is 13.2 Å². The smallest absolute Gasteiger partial charge is 0.161 e. The normalized spacial score (nSPS) is 18.2. The summed E-state index contributed by atoms with van der Waals surface area (Å²) in [5.74, 6) is -2.90. The van der Waals surface area contributed by atoms with E-state index in [2.05, 4.69) is 10.3 Å². The SMILES string of the molecule is CN1CCN(NCc2cc(F)c(F)cc2F)CC1. The Labute approximate surface area is 104 Å². The Morgan fingerprint density at radius 3 is 2.28 bits per heavy atom. The summed E-state index contributed by atoms with van der Waals surface area (Å²) in [7, 11) is 2.03. The Bertz CT molecular complexity index is 417. The Morgan fingerprint density at radius 2 is 1.61 bits per heavy atom. The highest BCUT2D eigenvalue weighted by Gasteiger charge is 2.15. The van der Waals surface area contributed by atoms with Gasteiger partial charge in [0.1, 0.15) is 5.82 Å². The number of nitrogens with zero attached hydrogens (tertiary/aromatic N) is 2. The third-order valence-corrected chi connectivity index (χ3v) is 3.09. The van der Waals surface area contributed by atoms with Crippen LogP contribution in [-0.4, -0.2) is 43.1 Å². The quantitative estimate of drug-likeness (QED) is 0.827. The molecule has 100 valence electrons. The lowest BCUT2D eigenvalue weighted by Crippen LogP contribution is -2.50. The predicted octanol–water partition coefficient (Wildman–Crippen LogP) is 1.36. The van der Waals surface area contributed by atoms with E-state index >= 15 is 0 Å². The van der Waals surface area contributed by atoms with E-state index in [0.717, 1.165) is 32.2 Å². The summed E-state index contributed by atoms with van der Waals surface area (Å²) in [6.07, 6.45) is 0. The molecule has 0 saturated carbocycles. The van der Waals surface area contributed by atoms with Gasteiger partial charge in [-0.05, 0) is 13.1 Å². The van der Waals surface area contributed by atoms with Gasteiger partial charge in [0.2, 0.25) is 0 Å². The minimum absolute atomic E-state index is 0.132. The fourth-order valence-corrected chi connectivity index (χ4v) is 1.86. The maximum Gasteiger partial charge on any atom is 0.161 e. The summed E-state index contributed by atoms with van der Waals surface area (Å²) in [5.41, 5.74) is 3.16. The number of benzene rings is 1. The molecule has 0 bridgehead atoms. The van der Waals surface area contributed by atoms with Crippen LogP contribution in [0.1, 0.15) is 5.56 Å². The summed E-state index contributed by atoms with van der Waals surface area (Å²) in [5, 5.41) is 1.96. The summed E-state index contributed by atoms with van der Waals surface area (Å²) in [6.45, 7) is 3.65. The minimum atomic E-state index is -1.16. The molecule has 0 aliphatic carbocycles. The highest BCUT2D eigenvalue weighted by atomic mass is 19.2. The van der Waals surface area contributed by atoms with E-state index in [-0.39, 0.29) is 12.1 Å². The van der Waals surface area contributed by atoms with Gasteiger partial charge < -0.3 is 4.90 Å². The zero-order valence-corrected chi connectivity index (χ0v) is 10.2. The van der Waals surface area contributed by atoms with Gasteiger partial charge >= 0.3 is 0 Å². The molecule has 18 heavy (non-hydrogen) atoms. The van der Waals surface area contributed by atoms with Crippen LogP contribution < -0.4 is 5.43 Å². The van der Waals surface area contributed by atoms with Crippen molar-refractivity contribution in [3.05, 3.63) is 35.1 Å². The third kappa shape index (κ3) is 3.22. The molecule has 1 aromatic carbocycles. The van der Waals surface area contributed by atoms with Gasteiger partial charge in [0, 0.05) is 44.4 Å². The van der Waals surface area contributed by atoms with Gasteiger partial charge in [0.25, 0.3) is 0 Å². The van der Waals surface area contributed by atoms with E-state index in [1.54, 1.807) is 0 Å². The monoisotopic (exact) mass is 259 g/mol. The molecule has 0 radical (unpaired) electrons. The Hall–Kier alpha value is -1.11. The molecular weight excluding hydrogens is 243 g/mol. The minimum Gasteiger partial charge on any atom is -0.304 e. The van der Waals surface area contributed by atoms with Gasteiger partial charge in [-0.2, -0.15) is 0 Å². The van der Waals surface area contributed by atoms with Gasteiger partial charge in [-0.3, -0.25) is 5.43 Å². The topological polar surface area (TPSA) is 18.5 Å². The van der Waals surface area contributed by atoms with Crippen LogP contribution in [0, 0.1) is 17.5 Å². The molecule has 3 nitrogen and oxygen atoms in total. The molecule has 0 amide bonds. The van der Waals surface area contributed by atoms with Gasteiger partial charge in [-0.1, -0.05) is 0 Å². The average molecular weight is 259 g/mol. The van der Waals surface area contributed by atoms with Crippen LogP contribution in [0.3, 0.4) is 0 Å². The Kier molecular flexibility index (Phi) is 4.21. The first-order valence-corrected chi connectivity index (χ1v) is 5.86. The van der Waals surface area contributed by atoms with Crippen molar-refractivity contribution in [3.63, 3.8) is 0 Å².